The van der Waals surface area contributed by atoms with Crippen molar-refractivity contribution < 1.29 is 4.74 Å². The highest BCUT2D eigenvalue weighted by Gasteiger charge is 2.21. The van der Waals surface area contributed by atoms with Crippen LogP contribution in [-0.2, 0) is 4.74 Å². The Morgan fingerprint density at radius 1 is 1.12 bits per heavy atom. The van der Waals surface area contributed by atoms with Gasteiger partial charge in [0.25, 0.3) is 0 Å². The number of hydrogen-bond acceptors (Lipinski definition) is 2. The van der Waals surface area contributed by atoms with Crippen LogP contribution in [0, 0.1) is 5.41 Å². The van der Waals surface area contributed by atoms with Crippen molar-refractivity contribution in [2.24, 2.45) is 5.41 Å². The van der Waals surface area contributed by atoms with Crippen LogP contribution in [0.25, 0.3) is 0 Å². The fraction of sp³-hybridized carbons (Fsp3) is 1.00. The fourth-order valence-electron chi connectivity index (χ4n) is 2.41. The summed E-state index contributed by atoms with van der Waals surface area (Å²) in [6, 6.07) is 0. The van der Waals surface area contributed by atoms with Gasteiger partial charge in [0.05, 0.1) is 12.7 Å². The van der Waals surface area contributed by atoms with Crippen molar-refractivity contribution in [3.8, 4) is 0 Å². The van der Waals surface area contributed by atoms with E-state index in [-0.39, 0.29) is 5.41 Å². The third-order valence-electron chi connectivity index (χ3n) is 3.54. The van der Waals surface area contributed by atoms with Gasteiger partial charge in [-0.05, 0) is 25.8 Å². The Bertz CT molecular complexity index is 183. The summed E-state index contributed by atoms with van der Waals surface area (Å²) >= 11 is 0. The first kappa shape index (κ1) is 15.0. The molecule has 0 spiro atoms. The van der Waals surface area contributed by atoms with Crippen LogP contribution in [0.1, 0.15) is 65.7 Å². The highest BCUT2D eigenvalue weighted by molar-refractivity contribution is 4.73. The van der Waals surface area contributed by atoms with Gasteiger partial charge in [-0.1, -0.05) is 46.5 Å². The predicted octanol–water partition coefficient (Wildman–Crippen LogP) is 3.75. The predicted molar refractivity (Wildman–Crippen MR) is 74.4 cm³/mol. The summed E-state index contributed by atoms with van der Waals surface area (Å²) in [6.07, 6.45) is 9.82. The molecule has 1 saturated carbocycles. The number of rotatable bonds is 7. The summed E-state index contributed by atoms with van der Waals surface area (Å²) < 4.78 is 6.12. The molecule has 1 rings (SSSR count). The van der Waals surface area contributed by atoms with E-state index in [1.165, 1.54) is 44.9 Å². The van der Waals surface area contributed by atoms with Crippen LogP contribution < -0.4 is 5.32 Å². The maximum atomic E-state index is 6.12. The highest BCUT2D eigenvalue weighted by atomic mass is 16.5. The lowest BCUT2D eigenvalue weighted by Gasteiger charge is -2.27. The third kappa shape index (κ3) is 7.05. The lowest BCUT2D eigenvalue weighted by molar-refractivity contribution is -0.00394. The van der Waals surface area contributed by atoms with E-state index in [2.05, 4.69) is 26.1 Å². The summed E-state index contributed by atoms with van der Waals surface area (Å²) in [5.41, 5.74) is 0.265. The van der Waals surface area contributed by atoms with Gasteiger partial charge in [0.15, 0.2) is 0 Å². The zero-order chi connectivity index (χ0) is 12.6. The first-order chi connectivity index (χ1) is 8.14. The Morgan fingerprint density at radius 3 is 2.35 bits per heavy atom. The van der Waals surface area contributed by atoms with Gasteiger partial charge in [0, 0.05) is 12.0 Å². The molecule has 2 nitrogen and oxygen atoms in total. The zero-order valence-corrected chi connectivity index (χ0v) is 12.1. The molecule has 1 aliphatic carbocycles. The van der Waals surface area contributed by atoms with Gasteiger partial charge in [-0.25, -0.2) is 0 Å². The Balaban J connectivity index is 2.17. The van der Waals surface area contributed by atoms with Crippen LogP contribution in [-0.4, -0.2) is 25.8 Å². The van der Waals surface area contributed by atoms with E-state index in [1.807, 2.05) is 0 Å². The maximum absolute atomic E-state index is 6.12. The van der Waals surface area contributed by atoms with Crippen LogP contribution in [0.2, 0.25) is 0 Å². The van der Waals surface area contributed by atoms with E-state index in [1.54, 1.807) is 0 Å². The Labute approximate surface area is 108 Å². The SMILES string of the molecule is CCCNCC(C)(C)COC1CCCCCC1. The van der Waals surface area contributed by atoms with Crippen LogP contribution >= 0.6 is 0 Å². The van der Waals surface area contributed by atoms with E-state index in [9.17, 15) is 0 Å². The van der Waals surface area contributed by atoms with E-state index in [0.29, 0.717) is 6.10 Å². The fourth-order valence-corrected chi connectivity index (χ4v) is 2.41. The second-order valence-corrected chi connectivity index (χ2v) is 6.27. The molecule has 0 bridgehead atoms. The standard InChI is InChI=1S/C15H31NO/c1-4-11-16-12-15(2,3)13-17-14-9-7-5-6-8-10-14/h14,16H,4-13H2,1-3H3. The molecule has 0 aromatic heterocycles. The number of ether oxygens (including phenoxy) is 1. The molecule has 0 radical (unpaired) electrons. The van der Waals surface area contributed by atoms with E-state index < -0.39 is 0 Å². The molecule has 0 unspecified atom stereocenters. The zero-order valence-electron chi connectivity index (χ0n) is 12.1. The van der Waals surface area contributed by atoms with Crippen LogP contribution in [0.15, 0.2) is 0 Å². The monoisotopic (exact) mass is 241 g/mol. The molecule has 0 amide bonds. The summed E-state index contributed by atoms with van der Waals surface area (Å²) in [5.74, 6) is 0. The first-order valence-electron chi connectivity index (χ1n) is 7.46. The van der Waals surface area contributed by atoms with Gasteiger partial charge >= 0.3 is 0 Å². The largest absolute Gasteiger partial charge is 0.378 e. The van der Waals surface area contributed by atoms with Gasteiger partial charge in [0.2, 0.25) is 0 Å². The molecule has 102 valence electrons. The molecule has 0 aliphatic heterocycles. The average molecular weight is 241 g/mol. The Hall–Kier alpha value is -0.0800. The molecular weight excluding hydrogens is 210 g/mol. The second kappa shape index (κ2) is 8.10. The number of hydrogen-bond donors (Lipinski definition) is 1. The van der Waals surface area contributed by atoms with Crippen LogP contribution in [0.5, 0.6) is 0 Å². The summed E-state index contributed by atoms with van der Waals surface area (Å²) in [7, 11) is 0. The van der Waals surface area contributed by atoms with E-state index >= 15 is 0 Å². The molecule has 0 aromatic rings. The third-order valence-corrected chi connectivity index (χ3v) is 3.54. The Kier molecular flexibility index (Phi) is 7.14. The minimum Gasteiger partial charge on any atom is -0.378 e. The molecular formula is C15H31NO. The smallest absolute Gasteiger partial charge is 0.0575 e. The van der Waals surface area contributed by atoms with Crippen molar-refractivity contribution >= 4 is 0 Å². The van der Waals surface area contributed by atoms with Crippen molar-refractivity contribution in [3.05, 3.63) is 0 Å². The first-order valence-corrected chi connectivity index (χ1v) is 7.46. The average Bonchev–Trinajstić information content (AvgIpc) is 2.55. The van der Waals surface area contributed by atoms with Crippen LogP contribution in [0.4, 0.5) is 0 Å². The topological polar surface area (TPSA) is 21.3 Å². The second-order valence-electron chi connectivity index (χ2n) is 6.27. The normalized spacial score (nSPS) is 19.2. The lowest BCUT2D eigenvalue weighted by atomic mass is 9.94. The van der Waals surface area contributed by atoms with Gasteiger partial charge in [-0.3, -0.25) is 0 Å². The summed E-state index contributed by atoms with van der Waals surface area (Å²) in [4.78, 5) is 0. The molecule has 2 heteroatoms. The lowest BCUT2D eigenvalue weighted by Crippen LogP contribution is -2.35. The molecule has 0 atom stereocenters. The minimum atomic E-state index is 0.265. The molecule has 17 heavy (non-hydrogen) atoms. The van der Waals surface area contributed by atoms with Crippen molar-refractivity contribution in [3.63, 3.8) is 0 Å². The van der Waals surface area contributed by atoms with Crippen LogP contribution in [0.3, 0.4) is 0 Å². The summed E-state index contributed by atoms with van der Waals surface area (Å²) in [6.45, 7) is 9.88. The minimum absolute atomic E-state index is 0.265. The van der Waals surface area contributed by atoms with Crippen molar-refractivity contribution in [1.29, 1.82) is 0 Å². The van der Waals surface area contributed by atoms with Gasteiger partial charge in [0.1, 0.15) is 0 Å². The Morgan fingerprint density at radius 2 is 1.76 bits per heavy atom. The molecule has 1 fully saturated rings. The summed E-state index contributed by atoms with van der Waals surface area (Å²) in [5, 5.41) is 3.50. The van der Waals surface area contributed by atoms with E-state index in [0.717, 1.165) is 19.7 Å². The molecule has 0 heterocycles. The quantitative estimate of drug-likeness (QED) is 0.541. The van der Waals surface area contributed by atoms with Gasteiger partial charge in [-0.2, -0.15) is 0 Å². The maximum Gasteiger partial charge on any atom is 0.0575 e. The van der Waals surface area contributed by atoms with Crippen molar-refractivity contribution in [2.75, 3.05) is 19.7 Å². The van der Waals surface area contributed by atoms with Gasteiger partial charge in [-0.15, -0.1) is 0 Å². The van der Waals surface area contributed by atoms with Gasteiger partial charge < -0.3 is 10.1 Å². The highest BCUT2D eigenvalue weighted by Crippen LogP contribution is 2.22. The number of nitrogens with one attached hydrogen (secondary N) is 1. The van der Waals surface area contributed by atoms with Crippen molar-refractivity contribution in [2.45, 2.75) is 71.8 Å². The molecule has 1 aliphatic rings. The van der Waals surface area contributed by atoms with Crippen molar-refractivity contribution in [1.82, 2.24) is 5.32 Å². The molecule has 0 saturated heterocycles. The molecule has 0 aromatic carbocycles. The van der Waals surface area contributed by atoms with E-state index in [4.69, 9.17) is 4.74 Å². The molecule has 1 N–H and O–H groups in total.